The normalized spacial score (nSPS) is 15.7. The maximum atomic E-state index is 13.4. The third-order valence-corrected chi connectivity index (χ3v) is 7.01. The predicted octanol–water partition coefficient (Wildman–Crippen LogP) is 4.55. The van der Waals surface area contributed by atoms with E-state index in [1.54, 1.807) is 18.5 Å². The summed E-state index contributed by atoms with van der Waals surface area (Å²) in [6.45, 7) is 0.878. The summed E-state index contributed by atoms with van der Waals surface area (Å²) in [6.07, 6.45) is 3.24. The van der Waals surface area contributed by atoms with Gasteiger partial charge in [-0.3, -0.25) is 4.98 Å². The first-order valence-electron chi connectivity index (χ1n) is 10.2. The molecule has 1 aliphatic heterocycles. The fourth-order valence-corrected chi connectivity index (χ4v) is 4.92. The molecule has 0 saturated carbocycles. The van der Waals surface area contributed by atoms with Crippen molar-refractivity contribution in [3.63, 3.8) is 0 Å². The van der Waals surface area contributed by atoms with Crippen LogP contribution in [-0.2, 0) is 10.0 Å². The van der Waals surface area contributed by atoms with Gasteiger partial charge < -0.3 is 5.32 Å². The van der Waals surface area contributed by atoms with Gasteiger partial charge >= 0.3 is 0 Å². The molecule has 1 aromatic heterocycles. The molecule has 0 unspecified atom stereocenters. The first kappa shape index (κ1) is 22.1. The molecule has 32 heavy (non-hydrogen) atoms. The SMILES string of the molecule is CS(=O)(=O)N1CCC(Nc2cc(-c3cc(C#N)cc(C(F)F)c3)cc3ccncc23)CC1. The highest BCUT2D eigenvalue weighted by Gasteiger charge is 2.25. The summed E-state index contributed by atoms with van der Waals surface area (Å²) in [6, 6.07) is 11.8. The van der Waals surface area contributed by atoms with E-state index in [4.69, 9.17) is 0 Å². The first-order chi connectivity index (χ1) is 15.2. The molecular formula is C23H22F2N4O2S. The van der Waals surface area contributed by atoms with Gasteiger partial charge in [-0.2, -0.15) is 5.26 Å². The van der Waals surface area contributed by atoms with Crippen LogP contribution < -0.4 is 5.32 Å². The van der Waals surface area contributed by atoms with Crippen LogP contribution in [0.2, 0.25) is 0 Å². The van der Waals surface area contributed by atoms with E-state index in [0.717, 1.165) is 16.5 Å². The van der Waals surface area contributed by atoms with E-state index < -0.39 is 16.4 Å². The summed E-state index contributed by atoms with van der Waals surface area (Å²) >= 11 is 0. The van der Waals surface area contributed by atoms with Gasteiger partial charge in [0.1, 0.15) is 0 Å². The van der Waals surface area contributed by atoms with Gasteiger partial charge in [-0.25, -0.2) is 21.5 Å². The van der Waals surface area contributed by atoms with Crippen molar-refractivity contribution >= 4 is 26.5 Å². The van der Waals surface area contributed by atoms with Crippen LogP contribution in [0.3, 0.4) is 0 Å². The molecule has 3 aromatic rings. The summed E-state index contributed by atoms with van der Waals surface area (Å²) in [7, 11) is -3.21. The first-order valence-corrected chi connectivity index (χ1v) is 12.0. The highest BCUT2D eigenvalue weighted by molar-refractivity contribution is 7.88. The quantitative estimate of drug-likeness (QED) is 0.609. The molecule has 4 rings (SSSR count). The summed E-state index contributed by atoms with van der Waals surface area (Å²) < 4.78 is 51.7. The Kier molecular flexibility index (Phi) is 6.09. The topological polar surface area (TPSA) is 86.1 Å². The Morgan fingerprint density at radius 3 is 2.53 bits per heavy atom. The van der Waals surface area contributed by atoms with Crippen LogP contribution in [-0.4, -0.2) is 43.1 Å². The van der Waals surface area contributed by atoms with E-state index in [1.165, 1.54) is 22.7 Å². The molecule has 0 spiro atoms. The molecule has 166 valence electrons. The lowest BCUT2D eigenvalue weighted by Crippen LogP contribution is -2.41. The maximum Gasteiger partial charge on any atom is 0.263 e. The number of benzene rings is 2. The summed E-state index contributed by atoms with van der Waals surface area (Å²) in [5, 5.41) is 14.5. The van der Waals surface area contributed by atoms with E-state index in [9.17, 15) is 22.5 Å². The van der Waals surface area contributed by atoms with Gasteiger partial charge in [0.05, 0.1) is 17.9 Å². The van der Waals surface area contributed by atoms with Gasteiger partial charge in [-0.15, -0.1) is 0 Å². The zero-order valence-electron chi connectivity index (χ0n) is 17.4. The fourth-order valence-electron chi connectivity index (χ4n) is 4.05. The number of rotatable bonds is 5. The molecule has 2 aromatic carbocycles. The van der Waals surface area contributed by atoms with Crippen LogP contribution >= 0.6 is 0 Å². The molecule has 0 bridgehead atoms. The number of aromatic nitrogens is 1. The second-order valence-electron chi connectivity index (χ2n) is 7.96. The van der Waals surface area contributed by atoms with Gasteiger partial charge in [-0.1, -0.05) is 0 Å². The lowest BCUT2D eigenvalue weighted by atomic mass is 9.96. The molecule has 2 heterocycles. The number of hydrogen-bond acceptors (Lipinski definition) is 5. The molecule has 1 aliphatic rings. The van der Waals surface area contributed by atoms with Crippen molar-refractivity contribution < 1.29 is 17.2 Å². The summed E-state index contributed by atoms with van der Waals surface area (Å²) in [5.41, 5.74) is 2.02. The smallest absolute Gasteiger partial charge is 0.263 e. The molecule has 1 saturated heterocycles. The molecular weight excluding hydrogens is 434 g/mol. The van der Waals surface area contributed by atoms with Crippen molar-refractivity contribution in [2.75, 3.05) is 24.7 Å². The number of hydrogen-bond donors (Lipinski definition) is 1. The number of nitriles is 1. The number of nitrogens with one attached hydrogen (secondary N) is 1. The number of sulfonamides is 1. The largest absolute Gasteiger partial charge is 0.382 e. The lowest BCUT2D eigenvalue weighted by Gasteiger charge is -2.31. The van der Waals surface area contributed by atoms with Crippen LogP contribution in [0.15, 0.2) is 48.8 Å². The fraction of sp³-hybridized carbons (Fsp3) is 0.304. The van der Waals surface area contributed by atoms with Crippen molar-refractivity contribution in [3.05, 3.63) is 59.9 Å². The van der Waals surface area contributed by atoms with Gasteiger partial charge in [0.25, 0.3) is 6.43 Å². The van der Waals surface area contributed by atoms with Crippen molar-refractivity contribution in [3.8, 4) is 17.2 Å². The number of halogens is 2. The average Bonchev–Trinajstić information content (AvgIpc) is 2.78. The minimum Gasteiger partial charge on any atom is -0.382 e. The second-order valence-corrected chi connectivity index (χ2v) is 9.94. The third-order valence-electron chi connectivity index (χ3n) is 5.71. The monoisotopic (exact) mass is 456 g/mol. The zero-order chi connectivity index (χ0) is 22.9. The number of anilines is 1. The van der Waals surface area contributed by atoms with Gasteiger partial charge in [-0.05, 0) is 65.8 Å². The van der Waals surface area contributed by atoms with Crippen LogP contribution in [0, 0.1) is 11.3 Å². The number of fused-ring (bicyclic) bond motifs is 1. The minimum atomic E-state index is -3.21. The Labute approximate surface area is 185 Å². The molecule has 1 N–H and O–H groups in total. The van der Waals surface area contributed by atoms with E-state index in [-0.39, 0.29) is 17.2 Å². The van der Waals surface area contributed by atoms with E-state index in [0.29, 0.717) is 37.1 Å². The van der Waals surface area contributed by atoms with Crippen molar-refractivity contribution in [2.24, 2.45) is 0 Å². The van der Waals surface area contributed by atoms with E-state index in [1.807, 2.05) is 24.3 Å². The lowest BCUT2D eigenvalue weighted by molar-refractivity contribution is 0.151. The maximum absolute atomic E-state index is 13.4. The number of alkyl halides is 2. The number of nitrogens with zero attached hydrogens (tertiary/aromatic N) is 3. The van der Waals surface area contributed by atoms with E-state index in [2.05, 4.69) is 10.3 Å². The Balaban J connectivity index is 1.71. The molecule has 0 aliphatic carbocycles. The van der Waals surface area contributed by atoms with Crippen LogP contribution in [0.25, 0.3) is 21.9 Å². The predicted molar refractivity (Wildman–Crippen MR) is 120 cm³/mol. The Bertz CT molecular complexity index is 1300. The minimum absolute atomic E-state index is 0.0636. The molecule has 9 heteroatoms. The highest BCUT2D eigenvalue weighted by Crippen LogP contribution is 2.34. The Morgan fingerprint density at radius 2 is 1.88 bits per heavy atom. The second kappa shape index (κ2) is 8.81. The zero-order valence-corrected chi connectivity index (χ0v) is 18.2. The van der Waals surface area contributed by atoms with Gasteiger partial charge in [0, 0.05) is 48.2 Å². The summed E-state index contributed by atoms with van der Waals surface area (Å²) in [4.78, 5) is 4.21. The van der Waals surface area contributed by atoms with Gasteiger partial charge in [0.15, 0.2) is 0 Å². The number of piperidine rings is 1. The molecule has 0 amide bonds. The molecule has 0 atom stereocenters. The standard InChI is InChI=1S/C23H22F2N4O2S/c1-32(30,31)29-6-3-20(4-7-29)28-22-12-18(10-16-2-5-27-14-21(16)22)17-8-15(13-26)9-19(11-17)23(24)25/h2,5,8-12,14,20,23,28H,3-4,6-7H2,1H3. The molecule has 1 fully saturated rings. The van der Waals surface area contributed by atoms with E-state index >= 15 is 0 Å². The van der Waals surface area contributed by atoms with Crippen LogP contribution in [0.1, 0.15) is 30.4 Å². The molecule has 6 nitrogen and oxygen atoms in total. The third kappa shape index (κ3) is 4.71. The Morgan fingerprint density at radius 1 is 1.16 bits per heavy atom. The van der Waals surface area contributed by atoms with Crippen LogP contribution in [0.5, 0.6) is 0 Å². The number of pyridine rings is 1. The van der Waals surface area contributed by atoms with Crippen molar-refractivity contribution in [1.82, 2.24) is 9.29 Å². The summed E-state index contributed by atoms with van der Waals surface area (Å²) in [5.74, 6) is 0. The van der Waals surface area contributed by atoms with Gasteiger partial charge in [0.2, 0.25) is 10.0 Å². The van der Waals surface area contributed by atoms with Crippen molar-refractivity contribution in [2.45, 2.75) is 25.3 Å². The van der Waals surface area contributed by atoms with Crippen LogP contribution in [0.4, 0.5) is 14.5 Å². The highest BCUT2D eigenvalue weighted by atomic mass is 32.2. The Hall–Kier alpha value is -3.09. The average molecular weight is 457 g/mol. The molecule has 0 radical (unpaired) electrons. The van der Waals surface area contributed by atoms with Crippen molar-refractivity contribution in [1.29, 1.82) is 5.26 Å².